The SMILES string of the molecule is O=C1C[C@@H](CCOc2cc(Br)cc3ncccc23)CN1. The van der Waals surface area contributed by atoms with Crippen LogP contribution in [-0.2, 0) is 4.79 Å². The van der Waals surface area contributed by atoms with Crippen LogP contribution in [0.1, 0.15) is 12.8 Å². The molecule has 1 aliphatic rings. The van der Waals surface area contributed by atoms with Crippen molar-refractivity contribution in [1.29, 1.82) is 0 Å². The number of rotatable bonds is 4. The van der Waals surface area contributed by atoms with E-state index in [1.807, 2.05) is 24.3 Å². The highest BCUT2D eigenvalue weighted by Gasteiger charge is 2.21. The normalized spacial score (nSPS) is 18.2. The quantitative estimate of drug-likeness (QED) is 0.935. The molecule has 104 valence electrons. The number of carbonyl (C=O) groups excluding carboxylic acids is 1. The Kier molecular flexibility index (Phi) is 3.87. The second-order valence-electron chi connectivity index (χ2n) is 4.99. The first kappa shape index (κ1) is 13.4. The van der Waals surface area contributed by atoms with E-state index >= 15 is 0 Å². The van der Waals surface area contributed by atoms with Gasteiger partial charge in [-0.25, -0.2) is 0 Å². The van der Waals surface area contributed by atoms with E-state index < -0.39 is 0 Å². The number of benzene rings is 1. The first-order valence-electron chi connectivity index (χ1n) is 6.66. The molecule has 1 atom stereocenters. The number of carbonyl (C=O) groups is 1. The molecule has 0 saturated carbocycles. The van der Waals surface area contributed by atoms with Gasteiger partial charge in [0.05, 0.1) is 12.1 Å². The fourth-order valence-corrected chi connectivity index (χ4v) is 2.86. The molecule has 2 aromatic rings. The van der Waals surface area contributed by atoms with E-state index in [0.29, 0.717) is 18.9 Å². The van der Waals surface area contributed by atoms with E-state index in [4.69, 9.17) is 4.74 Å². The lowest BCUT2D eigenvalue weighted by Gasteiger charge is -2.11. The molecule has 1 fully saturated rings. The van der Waals surface area contributed by atoms with Gasteiger partial charge in [-0.1, -0.05) is 15.9 Å². The maximum absolute atomic E-state index is 11.1. The minimum Gasteiger partial charge on any atom is -0.493 e. The summed E-state index contributed by atoms with van der Waals surface area (Å²) in [5.41, 5.74) is 0.912. The van der Waals surface area contributed by atoms with Crippen molar-refractivity contribution in [3.63, 3.8) is 0 Å². The number of halogens is 1. The highest BCUT2D eigenvalue weighted by Crippen LogP contribution is 2.29. The minimum absolute atomic E-state index is 0.145. The van der Waals surface area contributed by atoms with Crippen molar-refractivity contribution in [2.24, 2.45) is 5.92 Å². The van der Waals surface area contributed by atoms with Gasteiger partial charge >= 0.3 is 0 Å². The van der Waals surface area contributed by atoms with Crippen LogP contribution in [-0.4, -0.2) is 24.0 Å². The number of fused-ring (bicyclic) bond motifs is 1. The van der Waals surface area contributed by atoms with Crippen LogP contribution in [0.5, 0.6) is 5.75 Å². The molecule has 1 aromatic heterocycles. The Morgan fingerprint density at radius 3 is 3.15 bits per heavy atom. The molecular formula is C15H15BrN2O2. The number of amides is 1. The third-order valence-corrected chi connectivity index (χ3v) is 3.95. The van der Waals surface area contributed by atoms with Crippen LogP contribution in [0, 0.1) is 5.92 Å². The fraction of sp³-hybridized carbons (Fsp3) is 0.333. The van der Waals surface area contributed by atoms with Crippen LogP contribution >= 0.6 is 15.9 Å². The number of aromatic nitrogens is 1. The summed E-state index contributed by atoms with van der Waals surface area (Å²) in [6.45, 7) is 1.38. The molecule has 1 amide bonds. The molecule has 0 spiro atoms. The lowest BCUT2D eigenvalue weighted by Crippen LogP contribution is -2.14. The standard InChI is InChI=1S/C15H15BrN2O2/c16-11-7-13-12(2-1-4-17-13)14(8-11)20-5-3-10-6-15(19)18-9-10/h1-2,4,7-8,10H,3,5-6,9H2,(H,18,19)/t10-/m1/s1. The summed E-state index contributed by atoms with van der Waals surface area (Å²) in [4.78, 5) is 15.5. The van der Waals surface area contributed by atoms with Crippen molar-refractivity contribution in [1.82, 2.24) is 10.3 Å². The van der Waals surface area contributed by atoms with Gasteiger partial charge in [-0.2, -0.15) is 0 Å². The maximum Gasteiger partial charge on any atom is 0.220 e. The largest absolute Gasteiger partial charge is 0.493 e. The van der Waals surface area contributed by atoms with Crippen molar-refractivity contribution in [2.45, 2.75) is 12.8 Å². The van der Waals surface area contributed by atoms with Crippen LogP contribution in [0.25, 0.3) is 10.9 Å². The molecule has 0 radical (unpaired) electrons. The van der Waals surface area contributed by atoms with Gasteiger partial charge in [0.25, 0.3) is 0 Å². The van der Waals surface area contributed by atoms with Crippen molar-refractivity contribution in [2.75, 3.05) is 13.2 Å². The molecule has 5 heteroatoms. The summed E-state index contributed by atoms with van der Waals surface area (Å²) in [5, 5.41) is 3.86. The topological polar surface area (TPSA) is 51.2 Å². The molecule has 1 saturated heterocycles. The molecule has 1 N–H and O–H groups in total. The molecule has 0 unspecified atom stereocenters. The Morgan fingerprint density at radius 1 is 1.45 bits per heavy atom. The Balaban J connectivity index is 1.69. The summed E-state index contributed by atoms with van der Waals surface area (Å²) in [6.07, 6.45) is 3.27. The molecule has 0 bridgehead atoms. The van der Waals surface area contributed by atoms with Crippen LogP contribution in [0.15, 0.2) is 34.9 Å². The minimum atomic E-state index is 0.145. The van der Waals surface area contributed by atoms with Crippen LogP contribution in [0.2, 0.25) is 0 Å². The Morgan fingerprint density at radius 2 is 2.35 bits per heavy atom. The number of hydrogen-bond acceptors (Lipinski definition) is 3. The van der Waals surface area contributed by atoms with Gasteiger partial charge in [0.15, 0.2) is 0 Å². The smallest absolute Gasteiger partial charge is 0.220 e. The van der Waals surface area contributed by atoms with Gasteiger partial charge in [-0.3, -0.25) is 9.78 Å². The van der Waals surface area contributed by atoms with Crippen molar-refractivity contribution >= 4 is 32.7 Å². The summed E-state index contributed by atoms with van der Waals surface area (Å²) in [6, 6.07) is 7.84. The Hall–Kier alpha value is -1.62. The van der Waals surface area contributed by atoms with Gasteiger partial charge in [0, 0.05) is 29.0 Å². The fourth-order valence-electron chi connectivity index (χ4n) is 2.44. The summed E-state index contributed by atoms with van der Waals surface area (Å²) < 4.78 is 6.84. The molecule has 1 aliphatic heterocycles. The van der Waals surface area contributed by atoms with Gasteiger partial charge in [-0.15, -0.1) is 0 Å². The van der Waals surface area contributed by atoms with E-state index in [9.17, 15) is 4.79 Å². The summed E-state index contributed by atoms with van der Waals surface area (Å²) in [5.74, 6) is 1.37. The van der Waals surface area contributed by atoms with Crippen LogP contribution in [0.4, 0.5) is 0 Å². The molecule has 0 aliphatic carbocycles. The summed E-state index contributed by atoms with van der Waals surface area (Å²) >= 11 is 3.47. The van der Waals surface area contributed by atoms with E-state index in [-0.39, 0.29) is 5.91 Å². The summed E-state index contributed by atoms with van der Waals surface area (Å²) in [7, 11) is 0. The average molecular weight is 335 g/mol. The first-order chi connectivity index (χ1) is 9.72. The Bertz CT molecular complexity index is 645. The van der Waals surface area contributed by atoms with E-state index in [2.05, 4.69) is 26.2 Å². The van der Waals surface area contributed by atoms with Gasteiger partial charge in [-0.05, 0) is 36.6 Å². The molecule has 20 heavy (non-hydrogen) atoms. The molecule has 3 rings (SSSR count). The van der Waals surface area contributed by atoms with E-state index in [1.165, 1.54) is 0 Å². The highest BCUT2D eigenvalue weighted by molar-refractivity contribution is 9.10. The third kappa shape index (κ3) is 2.93. The number of nitrogens with zero attached hydrogens (tertiary/aromatic N) is 1. The molecule has 4 nitrogen and oxygen atoms in total. The average Bonchev–Trinajstić information content (AvgIpc) is 2.84. The molecule has 1 aromatic carbocycles. The van der Waals surface area contributed by atoms with Gasteiger partial charge < -0.3 is 10.1 Å². The second-order valence-corrected chi connectivity index (χ2v) is 5.90. The monoisotopic (exact) mass is 334 g/mol. The first-order valence-corrected chi connectivity index (χ1v) is 7.45. The number of ether oxygens (including phenoxy) is 1. The number of nitrogens with one attached hydrogen (secondary N) is 1. The number of pyridine rings is 1. The van der Waals surface area contributed by atoms with Gasteiger partial charge in [0.1, 0.15) is 5.75 Å². The maximum atomic E-state index is 11.1. The Labute approximate surface area is 125 Å². The third-order valence-electron chi connectivity index (χ3n) is 3.49. The number of hydrogen-bond donors (Lipinski definition) is 1. The molecule has 2 heterocycles. The van der Waals surface area contributed by atoms with E-state index in [0.717, 1.165) is 34.1 Å². The lowest BCUT2D eigenvalue weighted by atomic mass is 10.1. The highest BCUT2D eigenvalue weighted by atomic mass is 79.9. The van der Waals surface area contributed by atoms with Crippen LogP contribution in [0.3, 0.4) is 0 Å². The van der Waals surface area contributed by atoms with Crippen LogP contribution < -0.4 is 10.1 Å². The van der Waals surface area contributed by atoms with Crippen molar-refractivity contribution < 1.29 is 9.53 Å². The zero-order valence-electron chi connectivity index (χ0n) is 10.9. The molecular weight excluding hydrogens is 320 g/mol. The lowest BCUT2D eigenvalue weighted by molar-refractivity contribution is -0.119. The predicted octanol–water partition coefficient (Wildman–Crippen LogP) is 2.90. The van der Waals surface area contributed by atoms with Crippen molar-refractivity contribution in [3.8, 4) is 5.75 Å². The van der Waals surface area contributed by atoms with E-state index in [1.54, 1.807) is 6.20 Å². The van der Waals surface area contributed by atoms with Crippen molar-refractivity contribution in [3.05, 3.63) is 34.9 Å². The predicted molar refractivity (Wildman–Crippen MR) is 80.7 cm³/mol. The van der Waals surface area contributed by atoms with Gasteiger partial charge in [0.2, 0.25) is 5.91 Å². The zero-order chi connectivity index (χ0) is 13.9. The second kappa shape index (κ2) is 5.79. The zero-order valence-corrected chi connectivity index (χ0v) is 12.5.